The number of aliphatic hydroxyl groups is 1. The molecule has 0 saturated carbocycles. The van der Waals surface area contributed by atoms with Crippen LogP contribution < -0.4 is 5.32 Å². The summed E-state index contributed by atoms with van der Waals surface area (Å²) in [5, 5.41) is 13.9. The largest absolute Gasteiger partial charge is 0.506 e. The lowest BCUT2D eigenvalue weighted by Gasteiger charge is -2.14. The summed E-state index contributed by atoms with van der Waals surface area (Å²) in [4.78, 5) is 4.26. The van der Waals surface area contributed by atoms with Crippen molar-refractivity contribution in [3.63, 3.8) is 0 Å². The highest BCUT2D eigenvalue weighted by atomic mass is 16.5. The van der Waals surface area contributed by atoms with Crippen LogP contribution in [-0.2, 0) is 9.47 Å². The van der Waals surface area contributed by atoms with Gasteiger partial charge in [-0.15, -0.1) is 0 Å². The van der Waals surface area contributed by atoms with Gasteiger partial charge in [-0.1, -0.05) is 18.7 Å². The van der Waals surface area contributed by atoms with Crippen molar-refractivity contribution < 1.29 is 14.6 Å². The Kier molecular flexibility index (Phi) is 7.09. The van der Waals surface area contributed by atoms with E-state index in [1.54, 1.807) is 12.3 Å². The molecule has 0 atom stereocenters. The van der Waals surface area contributed by atoms with E-state index in [0.717, 1.165) is 28.4 Å². The summed E-state index contributed by atoms with van der Waals surface area (Å²) in [7, 11) is 0. The molecule has 0 unspecified atom stereocenters. The highest BCUT2D eigenvalue weighted by Gasteiger charge is 2.09. The molecule has 0 radical (unpaired) electrons. The molecule has 138 valence electrons. The molecule has 2 N–H and O–H groups in total. The molecule has 0 spiro atoms. The first-order valence-corrected chi connectivity index (χ1v) is 8.54. The molecule has 1 aliphatic heterocycles. The first-order valence-electron chi connectivity index (χ1n) is 8.54. The molecule has 0 aliphatic carbocycles. The number of rotatable bonds is 5. The van der Waals surface area contributed by atoms with Gasteiger partial charge in [0.05, 0.1) is 11.5 Å². The van der Waals surface area contributed by atoms with Gasteiger partial charge in [-0.2, -0.15) is 0 Å². The number of aromatic nitrogens is 1. The third-order valence-corrected chi connectivity index (χ3v) is 3.84. The van der Waals surface area contributed by atoms with Gasteiger partial charge in [0.15, 0.2) is 0 Å². The highest BCUT2D eigenvalue weighted by Crippen LogP contribution is 2.18. The van der Waals surface area contributed by atoms with Crippen molar-refractivity contribution in [1.29, 1.82) is 0 Å². The Morgan fingerprint density at radius 2 is 2.00 bits per heavy atom. The minimum atomic E-state index is 0.153. The quantitative estimate of drug-likeness (QED) is 0.770. The van der Waals surface area contributed by atoms with E-state index in [1.165, 1.54) is 0 Å². The summed E-state index contributed by atoms with van der Waals surface area (Å²) in [6, 6.07) is 3.68. The van der Waals surface area contributed by atoms with Gasteiger partial charge in [-0.05, 0) is 50.6 Å². The van der Waals surface area contributed by atoms with E-state index >= 15 is 0 Å². The smallest absolute Gasteiger partial charge is 0.142 e. The molecule has 0 saturated heterocycles. The second-order valence-electron chi connectivity index (χ2n) is 5.98. The Morgan fingerprint density at radius 3 is 2.73 bits per heavy atom. The fraction of sp³-hybridized carbons (Fsp3) is 0.286. The summed E-state index contributed by atoms with van der Waals surface area (Å²) < 4.78 is 11.1. The number of allylic oxidation sites excluding steroid dienone is 5. The molecule has 0 fully saturated rings. The van der Waals surface area contributed by atoms with E-state index in [4.69, 9.17) is 9.47 Å². The number of nitrogens with zero attached hydrogens (tertiary/aromatic N) is 1. The van der Waals surface area contributed by atoms with Crippen molar-refractivity contribution in [3.8, 4) is 0 Å². The Morgan fingerprint density at radius 1 is 1.27 bits per heavy atom. The maximum absolute atomic E-state index is 10.5. The van der Waals surface area contributed by atoms with Gasteiger partial charge in [0.2, 0.25) is 0 Å². The summed E-state index contributed by atoms with van der Waals surface area (Å²) in [6.45, 7) is 10.9. The van der Waals surface area contributed by atoms with E-state index in [2.05, 4.69) is 16.9 Å². The zero-order valence-corrected chi connectivity index (χ0v) is 15.6. The van der Waals surface area contributed by atoms with E-state index < -0.39 is 0 Å². The van der Waals surface area contributed by atoms with Crippen molar-refractivity contribution in [1.82, 2.24) is 10.3 Å². The van der Waals surface area contributed by atoms with Crippen LogP contribution >= 0.6 is 0 Å². The Hall–Kier alpha value is -2.95. The fourth-order valence-electron chi connectivity index (χ4n) is 2.38. The van der Waals surface area contributed by atoms with Crippen molar-refractivity contribution in [2.24, 2.45) is 0 Å². The molecule has 2 heterocycles. The summed E-state index contributed by atoms with van der Waals surface area (Å²) in [5.74, 6) is 1.77. The van der Waals surface area contributed by atoms with Crippen molar-refractivity contribution in [2.45, 2.75) is 20.8 Å². The Labute approximate surface area is 155 Å². The van der Waals surface area contributed by atoms with Gasteiger partial charge in [0, 0.05) is 24.0 Å². The minimum Gasteiger partial charge on any atom is -0.506 e. The average Bonchev–Trinajstić information content (AvgIpc) is 2.66. The number of aliphatic hydroxyl groups excluding tert-OH is 1. The van der Waals surface area contributed by atoms with Gasteiger partial charge >= 0.3 is 0 Å². The molecule has 1 aliphatic rings. The molecular formula is C21H26N2O3. The standard InChI is InChI=1S/C21H26N2O3/c1-5-18-7-6-10-22-20(18)21(24)15(2)14-23-19-9-8-16(3)25-11-12-26-17(4)13-19/h5-10,13,23-24H,1,11-12,14H2,2-4H3/b16-8+,17-13+,19-9+,21-15-. The second kappa shape index (κ2) is 9.51. The normalized spacial score (nSPS) is 22.0. The number of pyridine rings is 1. The summed E-state index contributed by atoms with van der Waals surface area (Å²) in [6.07, 6.45) is 9.09. The van der Waals surface area contributed by atoms with E-state index in [9.17, 15) is 5.11 Å². The zero-order chi connectivity index (χ0) is 18.9. The zero-order valence-electron chi connectivity index (χ0n) is 15.6. The Bertz CT molecular complexity index is 773. The molecule has 0 bridgehead atoms. The van der Waals surface area contributed by atoms with Crippen LogP contribution in [0.15, 0.2) is 65.9 Å². The number of hydrogen-bond acceptors (Lipinski definition) is 5. The van der Waals surface area contributed by atoms with Crippen LogP contribution in [0.4, 0.5) is 0 Å². The summed E-state index contributed by atoms with van der Waals surface area (Å²) in [5.41, 5.74) is 2.96. The molecule has 1 aromatic rings. The van der Waals surface area contributed by atoms with Crippen molar-refractivity contribution in [3.05, 3.63) is 77.2 Å². The van der Waals surface area contributed by atoms with E-state index in [0.29, 0.717) is 25.5 Å². The Balaban J connectivity index is 2.19. The predicted molar refractivity (Wildman–Crippen MR) is 105 cm³/mol. The lowest BCUT2D eigenvalue weighted by atomic mass is 10.1. The van der Waals surface area contributed by atoms with Gasteiger partial charge in [-0.3, -0.25) is 4.98 Å². The molecule has 26 heavy (non-hydrogen) atoms. The van der Waals surface area contributed by atoms with Gasteiger partial charge in [0.25, 0.3) is 0 Å². The SMILES string of the molecule is C=Cc1cccnc1/C(O)=C(\C)CNC1=C/C=C(\C)OCCO\C(C)=C\1. The van der Waals surface area contributed by atoms with Gasteiger partial charge in [-0.25, -0.2) is 0 Å². The molecule has 5 heteroatoms. The molecule has 0 aromatic carbocycles. The maximum Gasteiger partial charge on any atom is 0.142 e. The van der Waals surface area contributed by atoms with Crippen LogP contribution in [0.3, 0.4) is 0 Å². The van der Waals surface area contributed by atoms with Crippen LogP contribution in [0.2, 0.25) is 0 Å². The number of ether oxygens (including phenoxy) is 2. The molecule has 0 amide bonds. The lowest BCUT2D eigenvalue weighted by Crippen LogP contribution is -2.16. The van der Waals surface area contributed by atoms with E-state index in [-0.39, 0.29) is 5.76 Å². The van der Waals surface area contributed by atoms with Crippen LogP contribution in [0.25, 0.3) is 11.8 Å². The second-order valence-corrected chi connectivity index (χ2v) is 5.98. The minimum absolute atomic E-state index is 0.153. The van der Waals surface area contributed by atoms with Crippen molar-refractivity contribution >= 4 is 11.8 Å². The molecular weight excluding hydrogens is 328 g/mol. The average molecular weight is 354 g/mol. The van der Waals surface area contributed by atoms with E-state index in [1.807, 2.05) is 51.1 Å². The monoisotopic (exact) mass is 354 g/mol. The fourth-order valence-corrected chi connectivity index (χ4v) is 2.38. The highest BCUT2D eigenvalue weighted by molar-refractivity contribution is 5.68. The van der Waals surface area contributed by atoms with Crippen LogP contribution in [0.5, 0.6) is 0 Å². The topological polar surface area (TPSA) is 63.6 Å². The number of nitrogens with one attached hydrogen (secondary N) is 1. The molecule has 2 rings (SSSR count). The molecule has 5 nitrogen and oxygen atoms in total. The van der Waals surface area contributed by atoms with Gasteiger partial charge in [0.1, 0.15) is 24.7 Å². The van der Waals surface area contributed by atoms with Crippen LogP contribution in [0.1, 0.15) is 32.0 Å². The van der Waals surface area contributed by atoms with Crippen molar-refractivity contribution in [2.75, 3.05) is 19.8 Å². The maximum atomic E-state index is 10.5. The van der Waals surface area contributed by atoms with Crippen LogP contribution in [-0.4, -0.2) is 29.8 Å². The number of hydrogen-bond donors (Lipinski definition) is 2. The first kappa shape index (κ1) is 19.4. The van der Waals surface area contributed by atoms with Gasteiger partial charge < -0.3 is 19.9 Å². The first-order chi connectivity index (χ1) is 12.5. The summed E-state index contributed by atoms with van der Waals surface area (Å²) >= 11 is 0. The third-order valence-electron chi connectivity index (χ3n) is 3.84. The van der Waals surface area contributed by atoms with Crippen LogP contribution in [0, 0.1) is 0 Å². The lowest BCUT2D eigenvalue weighted by molar-refractivity contribution is 0.118. The third kappa shape index (κ3) is 5.55. The molecule has 1 aromatic heterocycles. The predicted octanol–water partition coefficient (Wildman–Crippen LogP) is 4.34.